The summed E-state index contributed by atoms with van der Waals surface area (Å²) in [6, 6.07) is 0. The fraction of sp³-hybridized carbons (Fsp3) is 0.600. The third-order valence-electron chi connectivity index (χ3n) is 2.79. The average Bonchev–Trinajstić information content (AvgIpc) is 2.47. The van der Waals surface area contributed by atoms with E-state index in [9.17, 15) is 0 Å². The molecule has 1 heterocycles. The van der Waals surface area contributed by atoms with E-state index in [-0.39, 0.29) is 0 Å². The molecule has 0 saturated carbocycles. The lowest BCUT2D eigenvalue weighted by molar-refractivity contribution is 0.278. The standard InChI is InChI=1S/C10H15NO/c1-11-6-5-8-7-9(12-2)3-4-10(8)11/h3H,4-7H2,1-2H3. The lowest BCUT2D eigenvalue weighted by Crippen LogP contribution is -2.13. The van der Waals surface area contributed by atoms with Crippen LogP contribution in [0.4, 0.5) is 0 Å². The van der Waals surface area contributed by atoms with E-state index in [4.69, 9.17) is 4.74 Å². The predicted molar refractivity (Wildman–Crippen MR) is 48.6 cm³/mol. The van der Waals surface area contributed by atoms with Gasteiger partial charge in [-0.25, -0.2) is 0 Å². The fourth-order valence-corrected chi connectivity index (χ4v) is 1.99. The summed E-state index contributed by atoms with van der Waals surface area (Å²) in [6.07, 6.45) is 5.53. The largest absolute Gasteiger partial charge is 0.501 e. The maximum Gasteiger partial charge on any atom is 0.0960 e. The van der Waals surface area contributed by atoms with Gasteiger partial charge in [-0.2, -0.15) is 0 Å². The predicted octanol–water partition coefficient (Wildman–Crippen LogP) is 1.90. The Morgan fingerprint density at radius 2 is 2.33 bits per heavy atom. The van der Waals surface area contributed by atoms with Crippen molar-refractivity contribution in [2.45, 2.75) is 19.3 Å². The Morgan fingerprint density at radius 1 is 1.50 bits per heavy atom. The quantitative estimate of drug-likeness (QED) is 0.588. The molecule has 2 rings (SSSR count). The summed E-state index contributed by atoms with van der Waals surface area (Å²) < 4.78 is 5.24. The summed E-state index contributed by atoms with van der Waals surface area (Å²) in [7, 11) is 3.93. The zero-order chi connectivity index (χ0) is 8.55. The fourth-order valence-electron chi connectivity index (χ4n) is 1.99. The van der Waals surface area contributed by atoms with Crippen LogP contribution >= 0.6 is 0 Å². The highest BCUT2D eigenvalue weighted by Crippen LogP contribution is 2.33. The molecular weight excluding hydrogens is 150 g/mol. The molecule has 0 aromatic carbocycles. The minimum atomic E-state index is 1.04. The molecule has 66 valence electrons. The molecule has 0 bridgehead atoms. The van der Waals surface area contributed by atoms with Crippen LogP contribution < -0.4 is 0 Å². The molecular formula is C10H15NO. The van der Waals surface area contributed by atoms with Gasteiger partial charge in [0.05, 0.1) is 12.9 Å². The Labute approximate surface area is 73.5 Å². The molecule has 0 radical (unpaired) electrons. The molecule has 0 aromatic rings. The first-order valence-electron chi connectivity index (χ1n) is 4.46. The van der Waals surface area contributed by atoms with Crippen molar-refractivity contribution >= 4 is 0 Å². The van der Waals surface area contributed by atoms with Crippen molar-refractivity contribution in [3.05, 3.63) is 23.1 Å². The van der Waals surface area contributed by atoms with Gasteiger partial charge in [-0.3, -0.25) is 0 Å². The van der Waals surface area contributed by atoms with Crippen molar-refractivity contribution in [1.82, 2.24) is 4.90 Å². The first-order chi connectivity index (χ1) is 5.81. The molecule has 0 amide bonds. The number of nitrogens with zero attached hydrogens (tertiary/aromatic N) is 1. The van der Waals surface area contributed by atoms with Crippen LogP contribution in [0.15, 0.2) is 23.1 Å². The molecule has 0 N–H and O–H groups in total. The average molecular weight is 165 g/mol. The summed E-state index contributed by atoms with van der Waals surface area (Å²) in [4.78, 5) is 2.36. The SMILES string of the molecule is COC1=CCC2=C(CCN2C)C1. The van der Waals surface area contributed by atoms with Crippen LogP contribution in [0.2, 0.25) is 0 Å². The maximum atomic E-state index is 5.24. The van der Waals surface area contributed by atoms with Gasteiger partial charge < -0.3 is 9.64 Å². The molecule has 0 unspecified atom stereocenters. The monoisotopic (exact) mass is 165 g/mol. The number of rotatable bonds is 1. The van der Waals surface area contributed by atoms with E-state index < -0.39 is 0 Å². The third kappa shape index (κ3) is 1.11. The topological polar surface area (TPSA) is 12.5 Å². The Hall–Kier alpha value is -0.920. The summed E-state index contributed by atoms with van der Waals surface area (Å²) >= 11 is 0. The van der Waals surface area contributed by atoms with Crippen LogP contribution in [0, 0.1) is 0 Å². The van der Waals surface area contributed by atoms with E-state index >= 15 is 0 Å². The highest BCUT2D eigenvalue weighted by molar-refractivity contribution is 5.29. The molecule has 0 fully saturated rings. The third-order valence-corrected chi connectivity index (χ3v) is 2.79. The molecule has 0 aromatic heterocycles. The maximum absolute atomic E-state index is 5.24. The van der Waals surface area contributed by atoms with Crippen LogP contribution in [0.5, 0.6) is 0 Å². The van der Waals surface area contributed by atoms with Crippen LogP contribution in [-0.4, -0.2) is 25.6 Å². The minimum Gasteiger partial charge on any atom is -0.501 e. The number of ether oxygens (including phenoxy) is 1. The van der Waals surface area contributed by atoms with Crippen LogP contribution in [0.1, 0.15) is 19.3 Å². The molecule has 1 aliphatic carbocycles. The lowest BCUT2D eigenvalue weighted by Gasteiger charge is -2.19. The van der Waals surface area contributed by atoms with E-state index in [1.165, 1.54) is 18.7 Å². The van der Waals surface area contributed by atoms with Gasteiger partial charge >= 0.3 is 0 Å². The Kier molecular flexibility index (Phi) is 1.83. The van der Waals surface area contributed by atoms with Gasteiger partial charge in [-0.05, 0) is 18.1 Å². The van der Waals surface area contributed by atoms with E-state index in [2.05, 4.69) is 18.0 Å². The van der Waals surface area contributed by atoms with Gasteiger partial charge in [-0.1, -0.05) is 0 Å². The van der Waals surface area contributed by atoms with E-state index in [1.54, 1.807) is 12.7 Å². The molecule has 0 saturated heterocycles. The van der Waals surface area contributed by atoms with E-state index in [1.807, 2.05) is 0 Å². The molecule has 1 aliphatic heterocycles. The smallest absolute Gasteiger partial charge is 0.0960 e. The van der Waals surface area contributed by atoms with Crippen molar-refractivity contribution in [2.75, 3.05) is 20.7 Å². The van der Waals surface area contributed by atoms with E-state index in [0.717, 1.165) is 18.6 Å². The summed E-state index contributed by atoms with van der Waals surface area (Å²) in [5, 5.41) is 0. The number of hydrogen-bond donors (Lipinski definition) is 0. The first kappa shape index (κ1) is 7.71. The molecule has 2 aliphatic rings. The second-order valence-corrected chi connectivity index (χ2v) is 3.48. The molecule has 2 nitrogen and oxygen atoms in total. The number of methoxy groups -OCH3 is 1. The molecule has 2 heteroatoms. The second kappa shape index (κ2) is 2.85. The summed E-state index contributed by atoms with van der Waals surface area (Å²) in [6.45, 7) is 1.19. The Bertz CT molecular complexity index is 253. The van der Waals surface area contributed by atoms with Gasteiger partial charge in [-0.15, -0.1) is 0 Å². The van der Waals surface area contributed by atoms with Gasteiger partial charge in [0.15, 0.2) is 0 Å². The molecule has 0 atom stereocenters. The highest BCUT2D eigenvalue weighted by atomic mass is 16.5. The Morgan fingerprint density at radius 3 is 3.08 bits per heavy atom. The summed E-state index contributed by atoms with van der Waals surface area (Å²) in [5.41, 5.74) is 3.10. The number of allylic oxidation sites excluding steroid dienone is 2. The van der Waals surface area contributed by atoms with Gasteiger partial charge in [0.2, 0.25) is 0 Å². The molecule has 0 spiro atoms. The van der Waals surface area contributed by atoms with Gasteiger partial charge in [0, 0.05) is 32.1 Å². The first-order valence-corrected chi connectivity index (χ1v) is 4.46. The zero-order valence-corrected chi connectivity index (χ0v) is 7.76. The normalized spacial score (nSPS) is 22.5. The van der Waals surface area contributed by atoms with Crippen molar-refractivity contribution in [3.8, 4) is 0 Å². The van der Waals surface area contributed by atoms with Crippen LogP contribution in [-0.2, 0) is 4.74 Å². The van der Waals surface area contributed by atoms with Crippen molar-refractivity contribution in [1.29, 1.82) is 0 Å². The van der Waals surface area contributed by atoms with Crippen molar-refractivity contribution < 1.29 is 4.74 Å². The Balaban J connectivity index is 2.13. The lowest BCUT2D eigenvalue weighted by atomic mass is 10.0. The van der Waals surface area contributed by atoms with Gasteiger partial charge in [0.25, 0.3) is 0 Å². The van der Waals surface area contributed by atoms with Gasteiger partial charge in [0.1, 0.15) is 0 Å². The minimum absolute atomic E-state index is 1.04. The summed E-state index contributed by atoms with van der Waals surface area (Å²) in [5.74, 6) is 1.14. The highest BCUT2D eigenvalue weighted by Gasteiger charge is 2.22. The van der Waals surface area contributed by atoms with Crippen LogP contribution in [0.3, 0.4) is 0 Å². The van der Waals surface area contributed by atoms with Crippen molar-refractivity contribution in [3.63, 3.8) is 0 Å². The molecule has 12 heavy (non-hydrogen) atoms. The van der Waals surface area contributed by atoms with Crippen molar-refractivity contribution in [2.24, 2.45) is 0 Å². The zero-order valence-electron chi connectivity index (χ0n) is 7.76. The number of hydrogen-bond acceptors (Lipinski definition) is 2. The van der Waals surface area contributed by atoms with Crippen LogP contribution in [0.25, 0.3) is 0 Å². The van der Waals surface area contributed by atoms with E-state index in [0.29, 0.717) is 0 Å². The second-order valence-electron chi connectivity index (χ2n) is 3.48.